The summed E-state index contributed by atoms with van der Waals surface area (Å²) in [5.74, 6) is 1.16. The predicted molar refractivity (Wildman–Crippen MR) is 124 cm³/mol. The molecule has 2 aliphatic rings. The van der Waals surface area contributed by atoms with E-state index in [4.69, 9.17) is 4.74 Å². The zero-order chi connectivity index (χ0) is 22.4. The smallest absolute Gasteiger partial charge is 0.263 e. The van der Waals surface area contributed by atoms with Crippen LogP contribution in [0.2, 0.25) is 0 Å². The fourth-order valence-corrected chi connectivity index (χ4v) is 5.28. The van der Waals surface area contributed by atoms with E-state index >= 15 is 0 Å². The van der Waals surface area contributed by atoms with Crippen LogP contribution in [0.3, 0.4) is 0 Å². The number of amides is 1. The summed E-state index contributed by atoms with van der Waals surface area (Å²) in [6, 6.07) is 12.9. The highest BCUT2D eigenvalue weighted by Crippen LogP contribution is 2.26. The number of nitrogens with one attached hydrogen (secondary N) is 2. The first kappa shape index (κ1) is 22.3. The van der Waals surface area contributed by atoms with Crippen LogP contribution in [0.5, 0.6) is 5.75 Å². The van der Waals surface area contributed by atoms with Crippen molar-refractivity contribution in [3.63, 3.8) is 0 Å². The zero-order valence-corrected chi connectivity index (χ0v) is 18.7. The molecule has 0 unspecified atom stereocenters. The molecular weight excluding hydrogens is 428 g/mol. The van der Waals surface area contributed by atoms with Crippen LogP contribution in [-0.2, 0) is 21.4 Å². The summed E-state index contributed by atoms with van der Waals surface area (Å²) < 4.78 is 33.0. The van der Waals surface area contributed by atoms with Gasteiger partial charge in [-0.15, -0.1) is 0 Å². The number of ether oxygens (including phenoxy) is 1. The van der Waals surface area contributed by atoms with E-state index in [0.717, 1.165) is 25.4 Å². The highest BCUT2D eigenvalue weighted by atomic mass is 32.2. The number of carbonyl (C=O) groups is 1. The van der Waals surface area contributed by atoms with Crippen molar-refractivity contribution in [2.75, 3.05) is 31.6 Å². The minimum atomic E-state index is -3.67. The SMILES string of the molecule is O=CNc1ccc2c(c1)S(=O)(=O)NC2=NCCCOc1cccc(CN2CCCCC2)c1. The quantitative estimate of drug-likeness (QED) is 0.446. The van der Waals surface area contributed by atoms with Gasteiger partial charge in [0.05, 0.1) is 6.61 Å². The average Bonchev–Trinajstić information content (AvgIpc) is 3.04. The Labute approximate surface area is 188 Å². The molecule has 1 fully saturated rings. The molecule has 2 aromatic rings. The maximum absolute atomic E-state index is 12.3. The van der Waals surface area contributed by atoms with E-state index in [2.05, 4.69) is 32.1 Å². The number of aliphatic imine (C=N–C) groups is 1. The van der Waals surface area contributed by atoms with Crippen molar-refractivity contribution in [1.82, 2.24) is 9.62 Å². The lowest BCUT2D eigenvalue weighted by atomic mass is 10.1. The van der Waals surface area contributed by atoms with Crippen LogP contribution in [0.4, 0.5) is 5.69 Å². The fourth-order valence-electron chi connectivity index (χ4n) is 4.01. The van der Waals surface area contributed by atoms with Gasteiger partial charge in [0.15, 0.2) is 0 Å². The first-order chi connectivity index (χ1) is 15.5. The molecule has 0 saturated carbocycles. The van der Waals surface area contributed by atoms with Crippen molar-refractivity contribution >= 4 is 28.0 Å². The van der Waals surface area contributed by atoms with Crippen LogP contribution in [-0.4, -0.2) is 51.8 Å². The number of amidine groups is 1. The molecule has 32 heavy (non-hydrogen) atoms. The number of benzene rings is 2. The second-order valence-corrected chi connectivity index (χ2v) is 9.65. The lowest BCUT2D eigenvalue weighted by Crippen LogP contribution is -2.29. The van der Waals surface area contributed by atoms with Gasteiger partial charge in [-0.05, 0) is 61.8 Å². The minimum absolute atomic E-state index is 0.116. The fraction of sp³-hybridized carbons (Fsp3) is 0.391. The number of piperidine rings is 1. The summed E-state index contributed by atoms with van der Waals surface area (Å²) in [7, 11) is -3.67. The first-order valence-corrected chi connectivity index (χ1v) is 12.4. The number of hydrogen-bond acceptors (Lipinski definition) is 6. The molecule has 1 saturated heterocycles. The molecule has 0 bridgehead atoms. The van der Waals surface area contributed by atoms with E-state index in [1.807, 2.05) is 12.1 Å². The molecule has 2 aromatic carbocycles. The largest absolute Gasteiger partial charge is 0.494 e. The summed E-state index contributed by atoms with van der Waals surface area (Å²) in [5, 5.41) is 2.46. The molecule has 8 nitrogen and oxygen atoms in total. The van der Waals surface area contributed by atoms with E-state index in [1.165, 1.54) is 30.9 Å². The Morgan fingerprint density at radius 1 is 1.12 bits per heavy atom. The van der Waals surface area contributed by atoms with Gasteiger partial charge in [0, 0.05) is 30.8 Å². The Bertz CT molecular complexity index is 1090. The number of nitrogens with zero attached hydrogens (tertiary/aromatic N) is 2. The molecular formula is C23H28N4O4S. The van der Waals surface area contributed by atoms with Gasteiger partial charge in [-0.25, -0.2) is 8.42 Å². The van der Waals surface area contributed by atoms with Crippen molar-refractivity contribution in [1.29, 1.82) is 0 Å². The van der Waals surface area contributed by atoms with Gasteiger partial charge in [-0.3, -0.25) is 19.4 Å². The Morgan fingerprint density at radius 3 is 2.78 bits per heavy atom. The number of likely N-dealkylation sites (tertiary alicyclic amines) is 1. The van der Waals surface area contributed by atoms with Crippen LogP contribution < -0.4 is 14.8 Å². The molecule has 2 heterocycles. The highest BCUT2D eigenvalue weighted by Gasteiger charge is 2.30. The van der Waals surface area contributed by atoms with Crippen LogP contribution in [0.25, 0.3) is 0 Å². The van der Waals surface area contributed by atoms with Crippen molar-refractivity contribution in [2.45, 2.75) is 37.1 Å². The molecule has 2 N–H and O–H groups in total. The third-order valence-corrected chi connectivity index (χ3v) is 6.96. The maximum Gasteiger partial charge on any atom is 0.263 e. The minimum Gasteiger partial charge on any atom is -0.494 e. The van der Waals surface area contributed by atoms with Gasteiger partial charge >= 0.3 is 0 Å². The van der Waals surface area contributed by atoms with E-state index in [0.29, 0.717) is 43.1 Å². The van der Waals surface area contributed by atoms with E-state index in [1.54, 1.807) is 12.1 Å². The first-order valence-electron chi connectivity index (χ1n) is 10.9. The van der Waals surface area contributed by atoms with E-state index < -0.39 is 10.0 Å². The summed E-state index contributed by atoms with van der Waals surface area (Å²) >= 11 is 0. The zero-order valence-electron chi connectivity index (χ0n) is 17.9. The Balaban J connectivity index is 1.29. The summed E-state index contributed by atoms with van der Waals surface area (Å²) in [5.41, 5.74) is 2.18. The number of sulfonamides is 1. The number of rotatable bonds is 9. The van der Waals surface area contributed by atoms with Gasteiger partial charge < -0.3 is 10.1 Å². The molecule has 1 amide bonds. The van der Waals surface area contributed by atoms with Crippen molar-refractivity contribution in [3.8, 4) is 5.75 Å². The van der Waals surface area contributed by atoms with Crippen molar-refractivity contribution in [2.24, 2.45) is 4.99 Å². The number of hydrogen-bond donors (Lipinski definition) is 2. The molecule has 9 heteroatoms. The van der Waals surface area contributed by atoms with Crippen LogP contribution in [0.15, 0.2) is 52.4 Å². The van der Waals surface area contributed by atoms with Crippen LogP contribution in [0, 0.1) is 0 Å². The highest BCUT2D eigenvalue weighted by molar-refractivity contribution is 7.90. The number of anilines is 1. The molecule has 0 spiro atoms. The maximum atomic E-state index is 12.3. The molecule has 170 valence electrons. The second-order valence-electron chi connectivity index (χ2n) is 8.00. The van der Waals surface area contributed by atoms with Gasteiger partial charge in [-0.2, -0.15) is 0 Å². The number of carbonyl (C=O) groups excluding carboxylic acids is 1. The second kappa shape index (κ2) is 10.1. The molecule has 0 aromatic heterocycles. The Kier molecular flexibility index (Phi) is 7.06. The lowest BCUT2D eigenvalue weighted by Gasteiger charge is -2.26. The van der Waals surface area contributed by atoms with Gasteiger partial charge in [0.1, 0.15) is 16.5 Å². The predicted octanol–water partition coefficient (Wildman–Crippen LogP) is 2.75. The van der Waals surface area contributed by atoms with E-state index in [9.17, 15) is 13.2 Å². The third kappa shape index (κ3) is 5.46. The average molecular weight is 457 g/mol. The standard InChI is InChI=1S/C23H28N4O4S/c28-17-25-19-8-9-21-22(15-19)32(29,30)26-23(21)24-10-5-13-31-20-7-4-6-18(14-20)16-27-11-2-1-3-12-27/h4,6-9,14-15,17H,1-3,5,10-13,16H2,(H,24,26)(H,25,28). The summed E-state index contributed by atoms with van der Waals surface area (Å²) in [4.78, 5) is 17.6. The van der Waals surface area contributed by atoms with Gasteiger partial charge in [0.2, 0.25) is 6.41 Å². The third-order valence-electron chi connectivity index (χ3n) is 5.58. The molecule has 0 radical (unpaired) electrons. The topological polar surface area (TPSA) is 100 Å². The summed E-state index contributed by atoms with van der Waals surface area (Å²) in [6.45, 7) is 4.19. The summed E-state index contributed by atoms with van der Waals surface area (Å²) in [6.07, 6.45) is 5.04. The monoisotopic (exact) mass is 456 g/mol. The molecule has 4 rings (SSSR count). The molecule has 0 atom stereocenters. The van der Waals surface area contributed by atoms with Gasteiger partial charge in [0.25, 0.3) is 10.0 Å². The van der Waals surface area contributed by atoms with Gasteiger partial charge in [-0.1, -0.05) is 18.6 Å². The Morgan fingerprint density at radius 2 is 1.97 bits per heavy atom. The normalized spacial score (nSPS) is 18.7. The van der Waals surface area contributed by atoms with Crippen LogP contribution in [0.1, 0.15) is 36.8 Å². The lowest BCUT2D eigenvalue weighted by molar-refractivity contribution is -0.105. The molecule has 2 aliphatic heterocycles. The number of fused-ring (bicyclic) bond motifs is 1. The van der Waals surface area contributed by atoms with E-state index in [-0.39, 0.29) is 4.90 Å². The van der Waals surface area contributed by atoms with Crippen molar-refractivity contribution < 1.29 is 17.9 Å². The van der Waals surface area contributed by atoms with Crippen molar-refractivity contribution in [3.05, 3.63) is 53.6 Å². The molecule has 0 aliphatic carbocycles. The van der Waals surface area contributed by atoms with Crippen LogP contribution >= 0.6 is 0 Å². The Hall–Kier alpha value is -2.91.